The number of ether oxygens (including phenoxy) is 2. The number of nitrogens with two attached hydrogens (primary N) is 1. The van der Waals surface area contributed by atoms with Crippen LogP contribution in [0.2, 0.25) is 0 Å². The Balaban J connectivity index is 0.000000241. The zero-order chi connectivity index (χ0) is 47.2. The van der Waals surface area contributed by atoms with Crippen molar-refractivity contribution in [2.45, 2.75) is 62.4 Å². The summed E-state index contributed by atoms with van der Waals surface area (Å²) >= 11 is 2.60. The molecule has 18 nitrogen and oxygen atoms in total. The Morgan fingerprint density at radius 2 is 1.02 bits per heavy atom. The number of carbonyl (C=O) groups is 2. The highest BCUT2D eigenvalue weighted by atomic mass is 32.2. The van der Waals surface area contributed by atoms with Gasteiger partial charge in [-0.2, -0.15) is 0 Å². The molecule has 0 atom stereocenters. The van der Waals surface area contributed by atoms with E-state index in [0.717, 1.165) is 10.6 Å². The SMILES string of the molecule is COC(=O)Nc1ccc(-c2cnc(-c3ccc(N)cc3)s2)c(S(=O)(=O)NC(C)(C)C)c1.COC(=O)Nc1ccc(-c2cnc(-c3ccc([N+](=O)[O-])cc3)s2)c(S(=O)(=O)NC(C)(C)C)c1. The Kier molecular flexibility index (Phi) is 14.9. The fraction of sp³-hybridized carbons (Fsp3) is 0.238. The van der Waals surface area contributed by atoms with Crippen molar-refractivity contribution in [3.8, 4) is 42.0 Å². The number of rotatable bonds is 11. The minimum Gasteiger partial charge on any atom is -0.453 e. The second kappa shape index (κ2) is 19.6. The summed E-state index contributed by atoms with van der Waals surface area (Å²) in [6.07, 6.45) is 1.76. The van der Waals surface area contributed by atoms with Gasteiger partial charge >= 0.3 is 12.2 Å². The lowest BCUT2D eigenvalue weighted by Gasteiger charge is -2.22. The predicted molar refractivity (Wildman–Crippen MR) is 249 cm³/mol. The molecule has 6 N–H and O–H groups in total. The average Bonchev–Trinajstić information content (AvgIpc) is 3.91. The van der Waals surface area contributed by atoms with E-state index in [4.69, 9.17) is 5.73 Å². The summed E-state index contributed by atoms with van der Waals surface area (Å²) in [6.45, 7) is 10.4. The number of hydrogen-bond donors (Lipinski definition) is 5. The second-order valence-corrected chi connectivity index (χ2v) is 21.2. The maximum Gasteiger partial charge on any atom is 0.411 e. The highest BCUT2D eigenvalue weighted by molar-refractivity contribution is 7.90. The molecule has 0 radical (unpaired) electrons. The summed E-state index contributed by atoms with van der Waals surface area (Å²) < 4.78 is 67.2. The van der Waals surface area contributed by atoms with Gasteiger partial charge in [0.25, 0.3) is 5.69 Å². The lowest BCUT2D eigenvalue weighted by molar-refractivity contribution is -0.384. The van der Waals surface area contributed by atoms with Crippen LogP contribution in [-0.4, -0.2) is 69.2 Å². The zero-order valence-electron chi connectivity index (χ0n) is 35.9. The molecule has 0 bridgehead atoms. The van der Waals surface area contributed by atoms with Crippen molar-refractivity contribution in [3.63, 3.8) is 0 Å². The Bertz CT molecular complexity index is 2890. The van der Waals surface area contributed by atoms with Crippen molar-refractivity contribution >= 4 is 77.7 Å². The van der Waals surface area contributed by atoms with Crippen LogP contribution < -0.4 is 25.8 Å². The van der Waals surface area contributed by atoms with Crippen LogP contribution in [0.3, 0.4) is 0 Å². The number of thiazole rings is 2. The first-order chi connectivity index (χ1) is 29.9. The number of aromatic nitrogens is 2. The van der Waals surface area contributed by atoms with Crippen LogP contribution >= 0.6 is 22.7 Å². The summed E-state index contributed by atoms with van der Waals surface area (Å²) in [4.78, 5) is 43.6. The molecule has 2 heterocycles. The van der Waals surface area contributed by atoms with Gasteiger partial charge in [0, 0.05) is 74.9 Å². The van der Waals surface area contributed by atoms with E-state index in [2.05, 4.69) is 39.5 Å². The number of anilines is 3. The van der Waals surface area contributed by atoms with E-state index >= 15 is 0 Å². The molecule has 6 rings (SSSR count). The molecular weight excluding hydrogens is 905 g/mol. The molecule has 2 amide bonds. The molecule has 0 saturated carbocycles. The molecule has 6 aromatic rings. The molecule has 0 aliphatic heterocycles. The molecular formula is C42H46N8O10S4. The lowest BCUT2D eigenvalue weighted by Crippen LogP contribution is -2.40. The number of carbonyl (C=O) groups excluding carboxylic acids is 2. The molecule has 64 heavy (non-hydrogen) atoms. The number of nitro benzene ring substituents is 1. The number of methoxy groups -OCH3 is 2. The van der Waals surface area contributed by atoms with Gasteiger partial charge in [-0.25, -0.2) is 45.8 Å². The fourth-order valence-corrected chi connectivity index (χ4v) is 11.1. The number of non-ortho nitro benzene ring substituents is 1. The molecule has 338 valence electrons. The van der Waals surface area contributed by atoms with Crippen LogP contribution in [0.1, 0.15) is 41.5 Å². The van der Waals surface area contributed by atoms with Gasteiger partial charge < -0.3 is 15.2 Å². The first-order valence-electron chi connectivity index (χ1n) is 19.0. The van der Waals surface area contributed by atoms with Crippen molar-refractivity contribution in [2.24, 2.45) is 0 Å². The number of nitrogens with zero attached hydrogens (tertiary/aromatic N) is 3. The van der Waals surface area contributed by atoms with Gasteiger partial charge in [0.15, 0.2) is 0 Å². The van der Waals surface area contributed by atoms with Crippen LogP contribution in [0, 0.1) is 10.1 Å². The second-order valence-electron chi connectivity index (χ2n) is 15.9. The number of amides is 2. The number of sulfonamides is 2. The quantitative estimate of drug-likeness (QED) is 0.0462. The van der Waals surface area contributed by atoms with Gasteiger partial charge in [0.2, 0.25) is 20.0 Å². The highest BCUT2D eigenvalue weighted by Gasteiger charge is 2.28. The molecule has 0 aliphatic carbocycles. The number of hydrogen-bond acceptors (Lipinski definition) is 15. The van der Waals surface area contributed by atoms with Crippen LogP contribution in [0.4, 0.5) is 32.3 Å². The molecule has 0 spiro atoms. The highest BCUT2D eigenvalue weighted by Crippen LogP contribution is 2.39. The van der Waals surface area contributed by atoms with Gasteiger partial charge in [-0.3, -0.25) is 20.7 Å². The number of nitro groups is 1. The predicted octanol–water partition coefficient (Wildman–Crippen LogP) is 8.95. The Morgan fingerprint density at radius 3 is 1.36 bits per heavy atom. The molecule has 2 aromatic heterocycles. The first kappa shape index (κ1) is 48.7. The van der Waals surface area contributed by atoms with Crippen LogP contribution in [-0.2, 0) is 29.5 Å². The maximum atomic E-state index is 13.2. The minimum absolute atomic E-state index is 0.0313. The van der Waals surface area contributed by atoms with E-state index in [1.54, 1.807) is 102 Å². The minimum atomic E-state index is -3.97. The molecule has 4 aromatic carbocycles. The molecule has 0 fully saturated rings. The van der Waals surface area contributed by atoms with Crippen molar-refractivity contribution < 1.29 is 40.8 Å². The van der Waals surface area contributed by atoms with E-state index in [1.807, 2.05) is 12.1 Å². The summed E-state index contributed by atoms with van der Waals surface area (Å²) in [7, 11) is -5.43. The molecule has 0 saturated heterocycles. The standard InChI is InChI=1S/C21H22N4O6S2.C21H24N4O4S2/c1-21(2,3)24-33(29,30)18-11-14(23-20(26)31-4)7-10-16(18)17-12-22-19(32-17)13-5-8-15(9-6-13)25(27)28;1-21(2,3)25-31(27,28)18-11-15(24-20(26)29-4)9-10-16(18)17-12-23-19(30-17)13-5-7-14(22)8-6-13/h5-12,24H,1-4H3,(H,23,26);5-12,25H,22H2,1-4H3,(H,24,26). The van der Waals surface area contributed by atoms with E-state index in [0.29, 0.717) is 42.8 Å². The molecule has 22 heteroatoms. The monoisotopic (exact) mass is 950 g/mol. The summed E-state index contributed by atoms with van der Waals surface area (Å²) in [5.41, 5.74) is 7.90. The van der Waals surface area contributed by atoms with E-state index in [1.165, 1.54) is 61.2 Å². The van der Waals surface area contributed by atoms with E-state index < -0.39 is 48.2 Å². The van der Waals surface area contributed by atoms with Crippen LogP contribution in [0.5, 0.6) is 0 Å². The molecule has 0 aliphatic rings. The van der Waals surface area contributed by atoms with Gasteiger partial charge in [-0.1, -0.05) is 12.1 Å². The fourth-order valence-electron chi connectivity index (χ4n) is 5.72. The first-order valence-corrected chi connectivity index (χ1v) is 23.6. The third kappa shape index (κ3) is 12.9. The van der Waals surface area contributed by atoms with Gasteiger partial charge in [0.1, 0.15) is 10.0 Å². The Hall–Kier alpha value is -6.30. The largest absolute Gasteiger partial charge is 0.453 e. The van der Waals surface area contributed by atoms with Crippen molar-refractivity contribution in [1.29, 1.82) is 0 Å². The van der Waals surface area contributed by atoms with Crippen LogP contribution in [0.25, 0.3) is 42.0 Å². The normalized spacial score (nSPS) is 11.8. The zero-order valence-corrected chi connectivity index (χ0v) is 39.1. The third-order valence-corrected chi connectivity index (χ3v) is 14.1. The van der Waals surface area contributed by atoms with E-state index in [-0.39, 0.29) is 21.2 Å². The smallest absolute Gasteiger partial charge is 0.411 e. The van der Waals surface area contributed by atoms with Crippen molar-refractivity contribution in [2.75, 3.05) is 30.6 Å². The summed E-state index contributed by atoms with van der Waals surface area (Å²) in [6, 6.07) is 22.4. The molecule has 0 unspecified atom stereocenters. The van der Waals surface area contributed by atoms with Gasteiger partial charge in [0.05, 0.1) is 38.7 Å². The maximum absolute atomic E-state index is 13.2. The number of benzene rings is 4. The lowest BCUT2D eigenvalue weighted by atomic mass is 10.1. The number of nitrogens with one attached hydrogen (secondary N) is 4. The summed E-state index contributed by atoms with van der Waals surface area (Å²) in [5.74, 6) is 0. The van der Waals surface area contributed by atoms with Gasteiger partial charge in [-0.05, 0) is 102 Å². The van der Waals surface area contributed by atoms with Crippen molar-refractivity contribution in [1.82, 2.24) is 19.4 Å². The van der Waals surface area contributed by atoms with Crippen molar-refractivity contribution in [3.05, 3.63) is 107 Å². The Labute approximate surface area is 378 Å². The third-order valence-electron chi connectivity index (χ3n) is 8.31. The Morgan fingerprint density at radius 1 is 0.641 bits per heavy atom. The van der Waals surface area contributed by atoms with Crippen LogP contribution in [0.15, 0.2) is 107 Å². The topological polar surface area (TPSA) is 264 Å². The average molecular weight is 951 g/mol. The van der Waals surface area contributed by atoms with E-state index in [9.17, 15) is 36.5 Å². The van der Waals surface area contributed by atoms with Gasteiger partial charge in [-0.15, -0.1) is 22.7 Å². The number of nitrogen functional groups attached to an aromatic ring is 1. The summed E-state index contributed by atoms with van der Waals surface area (Å²) in [5, 5.41) is 17.2.